The zero-order valence-electron chi connectivity index (χ0n) is 13.2. The van der Waals surface area contributed by atoms with Gasteiger partial charge in [-0.15, -0.1) is 0 Å². The summed E-state index contributed by atoms with van der Waals surface area (Å²) in [6, 6.07) is 0. The number of hydrogen-bond acceptors (Lipinski definition) is 6. The summed E-state index contributed by atoms with van der Waals surface area (Å²) in [6.45, 7) is 1.81. The second kappa shape index (κ2) is 5.53. The lowest BCUT2D eigenvalue weighted by molar-refractivity contribution is 0.522. The first-order valence-electron chi connectivity index (χ1n) is 7.95. The molecule has 3 aromatic rings. The number of fused-ring (bicyclic) bond motifs is 2. The van der Waals surface area contributed by atoms with Crippen molar-refractivity contribution in [1.29, 1.82) is 0 Å². The highest BCUT2D eigenvalue weighted by atomic mass is 15.3. The maximum Gasteiger partial charge on any atom is 0.226 e. The molecule has 0 unspecified atom stereocenters. The van der Waals surface area contributed by atoms with E-state index in [1.165, 1.54) is 18.7 Å². The molecule has 4 rings (SSSR count). The number of aromatic nitrogens is 6. The van der Waals surface area contributed by atoms with E-state index in [-0.39, 0.29) is 0 Å². The lowest BCUT2D eigenvalue weighted by Gasteiger charge is -2.11. The molecule has 0 aromatic carbocycles. The summed E-state index contributed by atoms with van der Waals surface area (Å²) in [6.07, 6.45) is 8.27. The highest BCUT2D eigenvalue weighted by Crippen LogP contribution is 2.18. The average molecular weight is 312 g/mol. The molecule has 0 bridgehead atoms. The maximum atomic E-state index is 5.96. The SMILES string of the molecule is Cn1ncc2c(N)nc(NCCc3cn4c(n3)CCCC4)nc21. The number of anilines is 2. The standard InChI is InChI=1S/C15H20N8/c1-22-14-11(8-18-22)13(16)20-15(21-14)17-6-5-10-9-23-7-3-2-4-12(23)19-10/h8-9H,2-7H2,1H3,(H3,16,17,20,21). The molecule has 8 nitrogen and oxygen atoms in total. The van der Waals surface area contributed by atoms with Crippen LogP contribution in [0.25, 0.3) is 11.0 Å². The zero-order chi connectivity index (χ0) is 15.8. The third kappa shape index (κ3) is 2.60. The van der Waals surface area contributed by atoms with Crippen molar-refractivity contribution >= 4 is 22.8 Å². The van der Waals surface area contributed by atoms with Crippen molar-refractivity contribution in [3.05, 3.63) is 23.9 Å². The van der Waals surface area contributed by atoms with Crippen molar-refractivity contribution < 1.29 is 0 Å². The Morgan fingerprint density at radius 3 is 3.04 bits per heavy atom. The molecule has 0 amide bonds. The third-order valence-electron chi connectivity index (χ3n) is 4.24. The van der Waals surface area contributed by atoms with E-state index in [0.717, 1.165) is 42.7 Å². The quantitative estimate of drug-likeness (QED) is 0.749. The lowest BCUT2D eigenvalue weighted by atomic mass is 10.2. The van der Waals surface area contributed by atoms with Crippen molar-refractivity contribution in [3.63, 3.8) is 0 Å². The molecule has 23 heavy (non-hydrogen) atoms. The van der Waals surface area contributed by atoms with Gasteiger partial charge in [-0.1, -0.05) is 0 Å². The highest BCUT2D eigenvalue weighted by Gasteiger charge is 2.12. The smallest absolute Gasteiger partial charge is 0.226 e. The first kappa shape index (κ1) is 14.0. The predicted octanol–water partition coefficient (Wildman–Crippen LogP) is 1.13. The summed E-state index contributed by atoms with van der Waals surface area (Å²) in [4.78, 5) is 13.5. The molecule has 0 fully saturated rings. The number of rotatable bonds is 4. The van der Waals surface area contributed by atoms with Gasteiger partial charge in [0.1, 0.15) is 11.6 Å². The predicted molar refractivity (Wildman–Crippen MR) is 88.1 cm³/mol. The van der Waals surface area contributed by atoms with E-state index in [2.05, 4.69) is 31.1 Å². The molecule has 0 radical (unpaired) electrons. The molecule has 3 aromatic heterocycles. The van der Waals surface area contributed by atoms with Gasteiger partial charge in [-0.05, 0) is 12.8 Å². The summed E-state index contributed by atoms with van der Waals surface area (Å²) in [5.74, 6) is 2.19. The van der Waals surface area contributed by atoms with E-state index < -0.39 is 0 Å². The highest BCUT2D eigenvalue weighted by molar-refractivity contribution is 5.86. The molecular formula is C15H20N8. The van der Waals surface area contributed by atoms with Crippen LogP contribution in [0.2, 0.25) is 0 Å². The maximum absolute atomic E-state index is 5.96. The van der Waals surface area contributed by atoms with Crippen LogP contribution in [0.15, 0.2) is 12.4 Å². The van der Waals surface area contributed by atoms with Crippen LogP contribution in [0.1, 0.15) is 24.4 Å². The summed E-state index contributed by atoms with van der Waals surface area (Å²) >= 11 is 0. The van der Waals surface area contributed by atoms with Gasteiger partial charge in [0.15, 0.2) is 5.65 Å². The Balaban J connectivity index is 1.45. The number of nitrogens with zero attached hydrogens (tertiary/aromatic N) is 6. The second-order valence-electron chi connectivity index (χ2n) is 5.91. The van der Waals surface area contributed by atoms with Crippen LogP contribution in [-0.4, -0.2) is 35.8 Å². The first-order valence-corrected chi connectivity index (χ1v) is 7.95. The number of hydrogen-bond donors (Lipinski definition) is 2. The van der Waals surface area contributed by atoms with E-state index >= 15 is 0 Å². The fourth-order valence-corrected chi connectivity index (χ4v) is 3.02. The van der Waals surface area contributed by atoms with Gasteiger partial charge in [-0.2, -0.15) is 15.1 Å². The number of aryl methyl sites for hydroxylation is 3. The van der Waals surface area contributed by atoms with Gasteiger partial charge in [-0.25, -0.2) is 4.98 Å². The molecule has 0 atom stereocenters. The number of nitrogens with two attached hydrogens (primary N) is 1. The summed E-state index contributed by atoms with van der Waals surface area (Å²) in [7, 11) is 1.84. The Morgan fingerprint density at radius 2 is 2.17 bits per heavy atom. The molecular weight excluding hydrogens is 292 g/mol. The largest absolute Gasteiger partial charge is 0.383 e. The van der Waals surface area contributed by atoms with Gasteiger partial charge in [0.25, 0.3) is 0 Å². The first-order chi connectivity index (χ1) is 11.2. The van der Waals surface area contributed by atoms with Gasteiger partial charge < -0.3 is 15.6 Å². The number of imidazole rings is 1. The molecule has 0 spiro atoms. The summed E-state index contributed by atoms with van der Waals surface area (Å²) < 4.78 is 3.97. The molecule has 1 aliphatic rings. The van der Waals surface area contributed by atoms with Crippen LogP contribution in [0, 0.1) is 0 Å². The van der Waals surface area contributed by atoms with E-state index in [4.69, 9.17) is 10.7 Å². The molecule has 4 heterocycles. The molecule has 8 heteroatoms. The van der Waals surface area contributed by atoms with Gasteiger partial charge in [0, 0.05) is 39.2 Å². The van der Waals surface area contributed by atoms with Crippen LogP contribution < -0.4 is 11.1 Å². The number of nitrogens with one attached hydrogen (secondary N) is 1. The lowest BCUT2D eigenvalue weighted by Crippen LogP contribution is -2.10. The van der Waals surface area contributed by atoms with Crippen molar-refractivity contribution in [2.45, 2.75) is 32.2 Å². The molecule has 120 valence electrons. The van der Waals surface area contributed by atoms with Gasteiger partial charge in [-0.3, -0.25) is 4.68 Å². The Bertz CT molecular complexity index is 823. The van der Waals surface area contributed by atoms with E-state index in [0.29, 0.717) is 11.8 Å². The van der Waals surface area contributed by atoms with E-state index in [1.54, 1.807) is 10.9 Å². The monoisotopic (exact) mass is 312 g/mol. The van der Waals surface area contributed by atoms with E-state index in [1.807, 2.05) is 7.05 Å². The van der Waals surface area contributed by atoms with Crippen molar-refractivity contribution in [2.24, 2.45) is 7.05 Å². The van der Waals surface area contributed by atoms with Crippen LogP contribution in [0.4, 0.5) is 11.8 Å². The Morgan fingerprint density at radius 1 is 1.26 bits per heavy atom. The third-order valence-corrected chi connectivity index (χ3v) is 4.24. The van der Waals surface area contributed by atoms with Gasteiger partial charge in [0.05, 0.1) is 17.3 Å². The van der Waals surface area contributed by atoms with Gasteiger partial charge >= 0.3 is 0 Å². The zero-order valence-corrected chi connectivity index (χ0v) is 13.2. The number of nitrogen functional groups attached to an aromatic ring is 1. The minimum absolute atomic E-state index is 0.447. The minimum Gasteiger partial charge on any atom is -0.383 e. The van der Waals surface area contributed by atoms with Crippen molar-refractivity contribution in [2.75, 3.05) is 17.6 Å². The molecule has 0 saturated heterocycles. The average Bonchev–Trinajstić information content (AvgIpc) is 3.11. The topological polar surface area (TPSA) is 99.5 Å². The van der Waals surface area contributed by atoms with Crippen LogP contribution in [-0.2, 0) is 26.4 Å². The Hall–Kier alpha value is -2.64. The minimum atomic E-state index is 0.447. The Labute approximate surface area is 133 Å². The Kier molecular flexibility index (Phi) is 3.36. The fraction of sp³-hybridized carbons (Fsp3) is 0.467. The summed E-state index contributed by atoms with van der Waals surface area (Å²) in [5, 5.41) is 8.16. The van der Waals surface area contributed by atoms with Gasteiger partial charge in [0.2, 0.25) is 5.95 Å². The van der Waals surface area contributed by atoms with Crippen LogP contribution >= 0.6 is 0 Å². The molecule has 3 N–H and O–H groups in total. The van der Waals surface area contributed by atoms with Crippen LogP contribution in [0.5, 0.6) is 0 Å². The van der Waals surface area contributed by atoms with Crippen molar-refractivity contribution in [3.8, 4) is 0 Å². The molecule has 1 aliphatic heterocycles. The fourth-order valence-electron chi connectivity index (χ4n) is 3.02. The molecule has 0 aliphatic carbocycles. The molecule has 0 saturated carbocycles. The van der Waals surface area contributed by atoms with Crippen LogP contribution in [0.3, 0.4) is 0 Å². The second-order valence-corrected chi connectivity index (χ2v) is 5.91. The normalized spacial score (nSPS) is 14.1. The van der Waals surface area contributed by atoms with Crippen molar-refractivity contribution in [1.82, 2.24) is 29.3 Å². The van der Waals surface area contributed by atoms with E-state index in [9.17, 15) is 0 Å². The summed E-state index contributed by atoms with van der Waals surface area (Å²) in [5.41, 5.74) is 7.81.